The monoisotopic (exact) mass is 537 g/mol. The molecule has 0 saturated carbocycles. The van der Waals surface area contributed by atoms with Gasteiger partial charge in [-0.3, -0.25) is 24.2 Å². The lowest BCUT2D eigenvalue weighted by molar-refractivity contribution is -0.142. The standard InChI is InChI=1S/C19H35N7O7S2/c1-35-8-6-11(24-15(29)10(20)4-5-14(27)28)16(30)26-13(9-34)17(31)25-12(18(32)33)3-2-7-23-19(21)22/h10-13,34H,2-9,20H2,1H3,(H,24,29)(H,25,31)(H,26,30)(H,27,28)(H,32,33)(H4,21,22,23). The van der Waals surface area contributed by atoms with Crippen LogP contribution >= 0.6 is 24.4 Å². The van der Waals surface area contributed by atoms with Crippen molar-refractivity contribution in [2.24, 2.45) is 22.2 Å². The Labute approximate surface area is 213 Å². The minimum Gasteiger partial charge on any atom is -0.481 e. The first-order valence-corrected chi connectivity index (χ1v) is 12.7. The molecule has 4 unspecified atom stereocenters. The highest BCUT2D eigenvalue weighted by Crippen LogP contribution is 2.05. The predicted molar refractivity (Wildman–Crippen MR) is 135 cm³/mol. The summed E-state index contributed by atoms with van der Waals surface area (Å²) in [7, 11) is 0. The fraction of sp³-hybridized carbons (Fsp3) is 0.684. The maximum atomic E-state index is 12.8. The summed E-state index contributed by atoms with van der Waals surface area (Å²) in [6.07, 6.45) is 1.93. The maximum absolute atomic E-state index is 12.8. The Morgan fingerprint density at radius 1 is 0.914 bits per heavy atom. The Hall–Kier alpha value is -2.72. The minimum atomic E-state index is -1.27. The van der Waals surface area contributed by atoms with E-state index in [1.165, 1.54) is 11.8 Å². The second kappa shape index (κ2) is 17.7. The molecule has 4 atom stereocenters. The third kappa shape index (κ3) is 14.3. The number of hydrogen-bond donors (Lipinski definition) is 9. The number of thioether (sulfide) groups is 1. The van der Waals surface area contributed by atoms with Crippen LogP contribution in [0.2, 0.25) is 0 Å². The lowest BCUT2D eigenvalue weighted by atomic mass is 10.1. The lowest BCUT2D eigenvalue weighted by Gasteiger charge is -2.24. The first-order valence-electron chi connectivity index (χ1n) is 10.7. The minimum absolute atomic E-state index is 0.0473. The number of rotatable bonds is 18. The first kappa shape index (κ1) is 32.3. The van der Waals surface area contributed by atoms with Gasteiger partial charge in [0.15, 0.2) is 5.96 Å². The molecule has 0 aromatic heterocycles. The number of aliphatic imine (C=N–C) groups is 1. The molecule has 0 aliphatic rings. The van der Waals surface area contributed by atoms with Crippen molar-refractivity contribution in [3.8, 4) is 0 Å². The maximum Gasteiger partial charge on any atom is 0.326 e. The molecule has 0 radical (unpaired) electrons. The van der Waals surface area contributed by atoms with E-state index in [1.54, 1.807) is 6.26 Å². The van der Waals surface area contributed by atoms with Crippen molar-refractivity contribution in [2.45, 2.75) is 56.3 Å². The molecule has 0 aromatic rings. The number of guanidine groups is 1. The Morgan fingerprint density at radius 2 is 1.49 bits per heavy atom. The molecular weight excluding hydrogens is 502 g/mol. The molecule has 16 heteroatoms. The second-order valence-corrected chi connectivity index (χ2v) is 8.82. The van der Waals surface area contributed by atoms with Gasteiger partial charge in [0.1, 0.15) is 18.1 Å². The van der Waals surface area contributed by atoms with Gasteiger partial charge >= 0.3 is 11.9 Å². The number of carboxylic acid groups (broad SMARTS) is 2. The van der Waals surface area contributed by atoms with Gasteiger partial charge in [-0.2, -0.15) is 24.4 Å². The van der Waals surface area contributed by atoms with Crippen LogP contribution in [0.5, 0.6) is 0 Å². The summed E-state index contributed by atoms with van der Waals surface area (Å²) in [5, 5.41) is 25.4. The van der Waals surface area contributed by atoms with Crippen LogP contribution in [0.3, 0.4) is 0 Å². The first-order chi connectivity index (χ1) is 16.4. The number of carbonyl (C=O) groups excluding carboxylic acids is 3. The molecule has 200 valence electrons. The number of carboxylic acids is 2. The van der Waals surface area contributed by atoms with Gasteiger partial charge in [0, 0.05) is 18.7 Å². The summed E-state index contributed by atoms with van der Waals surface area (Å²) in [5.41, 5.74) is 16.1. The van der Waals surface area contributed by atoms with Crippen LogP contribution in [0.25, 0.3) is 0 Å². The smallest absolute Gasteiger partial charge is 0.326 e. The van der Waals surface area contributed by atoms with Crippen molar-refractivity contribution < 1.29 is 34.2 Å². The molecule has 14 nitrogen and oxygen atoms in total. The molecule has 11 N–H and O–H groups in total. The molecule has 0 aliphatic carbocycles. The summed E-state index contributed by atoms with van der Waals surface area (Å²) in [5.74, 6) is -4.31. The van der Waals surface area contributed by atoms with E-state index in [9.17, 15) is 29.1 Å². The average Bonchev–Trinajstić information content (AvgIpc) is 2.79. The van der Waals surface area contributed by atoms with E-state index in [2.05, 4.69) is 33.6 Å². The topological polar surface area (TPSA) is 252 Å². The molecule has 35 heavy (non-hydrogen) atoms. The number of hydrogen-bond acceptors (Lipinski definition) is 9. The fourth-order valence-corrected chi connectivity index (χ4v) is 3.42. The number of carbonyl (C=O) groups is 5. The molecule has 0 aliphatic heterocycles. The highest BCUT2D eigenvalue weighted by atomic mass is 32.2. The molecule has 0 aromatic carbocycles. The van der Waals surface area contributed by atoms with Gasteiger partial charge in [-0.15, -0.1) is 0 Å². The van der Waals surface area contributed by atoms with Crippen LogP contribution in [0, 0.1) is 0 Å². The SMILES string of the molecule is CSCCC(NC(=O)C(N)CCC(=O)O)C(=O)NC(CS)C(=O)NC(CCCN=C(N)N)C(=O)O. The van der Waals surface area contributed by atoms with Crippen LogP contribution in [0.15, 0.2) is 4.99 Å². The normalized spacial score (nSPS) is 14.0. The van der Waals surface area contributed by atoms with Gasteiger partial charge in [0.25, 0.3) is 0 Å². The van der Waals surface area contributed by atoms with Crippen molar-refractivity contribution in [3.05, 3.63) is 0 Å². The van der Waals surface area contributed by atoms with Crippen LogP contribution < -0.4 is 33.2 Å². The Balaban J connectivity index is 5.15. The van der Waals surface area contributed by atoms with Crippen molar-refractivity contribution in [2.75, 3.05) is 24.3 Å². The van der Waals surface area contributed by atoms with E-state index in [4.69, 9.17) is 22.3 Å². The van der Waals surface area contributed by atoms with E-state index >= 15 is 0 Å². The molecule has 0 saturated heterocycles. The Bertz CT molecular complexity index is 766. The summed E-state index contributed by atoms with van der Waals surface area (Å²) in [6, 6.07) is -4.60. The largest absolute Gasteiger partial charge is 0.481 e. The number of amides is 3. The molecule has 0 bridgehead atoms. The van der Waals surface area contributed by atoms with Gasteiger partial charge in [-0.05, 0) is 37.7 Å². The summed E-state index contributed by atoms with van der Waals surface area (Å²) in [4.78, 5) is 63.7. The zero-order chi connectivity index (χ0) is 27.0. The van der Waals surface area contributed by atoms with Crippen molar-refractivity contribution in [1.29, 1.82) is 0 Å². The van der Waals surface area contributed by atoms with Crippen molar-refractivity contribution >= 4 is 60.0 Å². The number of nitrogens with zero attached hydrogens (tertiary/aromatic N) is 1. The highest BCUT2D eigenvalue weighted by molar-refractivity contribution is 7.98. The predicted octanol–water partition coefficient (Wildman–Crippen LogP) is -2.55. The van der Waals surface area contributed by atoms with E-state index < -0.39 is 53.8 Å². The van der Waals surface area contributed by atoms with E-state index in [-0.39, 0.29) is 50.4 Å². The third-order valence-electron chi connectivity index (χ3n) is 4.63. The average molecular weight is 538 g/mol. The van der Waals surface area contributed by atoms with E-state index in [0.717, 1.165) is 0 Å². The third-order valence-corrected chi connectivity index (χ3v) is 5.63. The number of nitrogens with two attached hydrogens (primary N) is 3. The van der Waals surface area contributed by atoms with Crippen LogP contribution in [0.1, 0.15) is 32.1 Å². The molecule has 0 rings (SSSR count). The van der Waals surface area contributed by atoms with E-state index in [1.807, 2.05) is 0 Å². The molecule has 0 heterocycles. The van der Waals surface area contributed by atoms with Gasteiger partial charge in [-0.25, -0.2) is 4.79 Å². The molecular formula is C19H35N7O7S2. The van der Waals surface area contributed by atoms with Crippen LogP contribution in [-0.2, 0) is 24.0 Å². The second-order valence-electron chi connectivity index (χ2n) is 7.47. The molecule has 0 fully saturated rings. The van der Waals surface area contributed by atoms with Gasteiger partial charge in [0.05, 0.1) is 6.04 Å². The van der Waals surface area contributed by atoms with Crippen molar-refractivity contribution in [3.63, 3.8) is 0 Å². The van der Waals surface area contributed by atoms with Gasteiger partial charge in [-0.1, -0.05) is 0 Å². The highest BCUT2D eigenvalue weighted by Gasteiger charge is 2.29. The Kier molecular flexibility index (Phi) is 16.3. The summed E-state index contributed by atoms with van der Waals surface area (Å²) >= 11 is 5.49. The zero-order valence-electron chi connectivity index (χ0n) is 19.4. The van der Waals surface area contributed by atoms with Crippen LogP contribution in [0.4, 0.5) is 0 Å². The number of aliphatic carboxylic acids is 2. The fourth-order valence-electron chi connectivity index (χ4n) is 2.69. The van der Waals surface area contributed by atoms with Crippen LogP contribution in [-0.4, -0.2) is 94.3 Å². The van der Waals surface area contributed by atoms with Crippen molar-refractivity contribution in [1.82, 2.24) is 16.0 Å². The zero-order valence-corrected chi connectivity index (χ0v) is 21.1. The quantitative estimate of drug-likeness (QED) is 0.0381. The lowest BCUT2D eigenvalue weighted by Crippen LogP contribution is -2.57. The Morgan fingerprint density at radius 3 is 2.00 bits per heavy atom. The molecule has 3 amide bonds. The number of nitrogens with one attached hydrogen (secondary N) is 3. The number of thiol groups is 1. The summed E-state index contributed by atoms with van der Waals surface area (Å²) < 4.78 is 0. The molecule has 0 spiro atoms. The van der Waals surface area contributed by atoms with Gasteiger partial charge in [0.2, 0.25) is 17.7 Å². The van der Waals surface area contributed by atoms with Gasteiger partial charge < -0.3 is 43.4 Å². The van der Waals surface area contributed by atoms with E-state index in [0.29, 0.717) is 5.75 Å². The summed E-state index contributed by atoms with van der Waals surface area (Å²) in [6.45, 7) is 0.181.